The quantitative estimate of drug-likeness (QED) is 0.0195. The van der Waals surface area contributed by atoms with E-state index in [0.717, 1.165) is 116 Å². The summed E-state index contributed by atoms with van der Waals surface area (Å²) in [6.07, 6.45) is 74.2. The van der Waals surface area contributed by atoms with Crippen LogP contribution in [0.15, 0.2) is 158 Å². The van der Waals surface area contributed by atoms with Crippen molar-refractivity contribution >= 4 is 19.8 Å². The van der Waals surface area contributed by atoms with Crippen LogP contribution in [0.3, 0.4) is 0 Å². The average Bonchev–Trinajstić information content (AvgIpc) is 3.32. The van der Waals surface area contributed by atoms with Gasteiger partial charge in [0.2, 0.25) is 0 Å². The van der Waals surface area contributed by atoms with Gasteiger partial charge in [-0.1, -0.05) is 178 Å². The molecule has 0 saturated heterocycles. The number of phosphoric acid groups is 1. The minimum absolute atomic E-state index is 0.0556. The van der Waals surface area contributed by atoms with Gasteiger partial charge in [-0.25, -0.2) is 0 Å². The van der Waals surface area contributed by atoms with Crippen LogP contribution in [-0.4, -0.2) is 70.0 Å². The van der Waals surface area contributed by atoms with Gasteiger partial charge < -0.3 is 27.9 Å². The van der Waals surface area contributed by atoms with E-state index in [1.54, 1.807) is 0 Å². The minimum Gasteiger partial charge on any atom is -0.756 e. The molecule has 0 heterocycles. The van der Waals surface area contributed by atoms with E-state index >= 15 is 0 Å². The van der Waals surface area contributed by atoms with Gasteiger partial charge in [-0.2, -0.15) is 0 Å². The fraction of sp³-hybridized carbons (Fsp3) is 0.533. The molecule has 2 unspecified atom stereocenters. The van der Waals surface area contributed by atoms with Crippen LogP contribution in [0.4, 0.5) is 0 Å². The third-order valence-corrected chi connectivity index (χ3v) is 11.0. The average molecular weight is 988 g/mol. The van der Waals surface area contributed by atoms with Crippen molar-refractivity contribution in [2.75, 3.05) is 47.5 Å². The Morgan fingerprint density at radius 3 is 1.14 bits per heavy atom. The number of hydrogen-bond donors (Lipinski definition) is 0. The van der Waals surface area contributed by atoms with Gasteiger partial charge in [0.05, 0.1) is 27.7 Å². The van der Waals surface area contributed by atoms with Gasteiger partial charge in [-0.3, -0.25) is 14.2 Å². The molecule has 0 aliphatic rings. The molecule has 392 valence electrons. The number of hydrogen-bond acceptors (Lipinski definition) is 8. The van der Waals surface area contributed by atoms with E-state index < -0.39 is 32.5 Å². The summed E-state index contributed by atoms with van der Waals surface area (Å²) >= 11 is 0. The highest BCUT2D eigenvalue weighted by molar-refractivity contribution is 7.45. The first-order valence-corrected chi connectivity index (χ1v) is 27.7. The zero-order valence-electron chi connectivity index (χ0n) is 44.1. The number of phosphoric ester groups is 1. The van der Waals surface area contributed by atoms with Crippen molar-refractivity contribution < 1.29 is 42.1 Å². The van der Waals surface area contributed by atoms with Gasteiger partial charge in [0.25, 0.3) is 7.82 Å². The summed E-state index contributed by atoms with van der Waals surface area (Å²) in [5, 5.41) is 0. The van der Waals surface area contributed by atoms with Gasteiger partial charge in [0.15, 0.2) is 6.10 Å². The number of rotatable bonds is 45. The predicted octanol–water partition coefficient (Wildman–Crippen LogP) is 15.5. The van der Waals surface area contributed by atoms with Crippen molar-refractivity contribution in [1.29, 1.82) is 0 Å². The highest BCUT2D eigenvalue weighted by atomic mass is 31.2. The Balaban J connectivity index is 4.45. The van der Waals surface area contributed by atoms with Crippen molar-refractivity contribution in [1.82, 2.24) is 0 Å². The van der Waals surface area contributed by atoms with Gasteiger partial charge in [0, 0.05) is 12.8 Å². The van der Waals surface area contributed by atoms with Crippen LogP contribution < -0.4 is 4.89 Å². The molecule has 0 aromatic carbocycles. The lowest BCUT2D eigenvalue weighted by Gasteiger charge is -2.28. The van der Waals surface area contributed by atoms with E-state index in [2.05, 4.69) is 172 Å². The van der Waals surface area contributed by atoms with E-state index in [0.29, 0.717) is 23.9 Å². The summed E-state index contributed by atoms with van der Waals surface area (Å²) in [7, 11) is 1.09. The summed E-state index contributed by atoms with van der Waals surface area (Å²) in [4.78, 5) is 37.8. The lowest BCUT2D eigenvalue weighted by molar-refractivity contribution is -0.870. The molecule has 0 radical (unpaired) electrons. The zero-order valence-corrected chi connectivity index (χ0v) is 45.0. The number of nitrogens with zero attached hydrogens (tertiary/aromatic N) is 1. The Labute approximate surface area is 426 Å². The van der Waals surface area contributed by atoms with Crippen molar-refractivity contribution in [3.63, 3.8) is 0 Å². The lowest BCUT2D eigenvalue weighted by Crippen LogP contribution is -2.37. The first kappa shape index (κ1) is 65.6. The molecule has 0 fully saturated rings. The number of allylic oxidation sites excluding steroid dienone is 26. The van der Waals surface area contributed by atoms with E-state index in [1.165, 1.54) is 0 Å². The van der Waals surface area contributed by atoms with Crippen LogP contribution in [0.2, 0.25) is 0 Å². The lowest BCUT2D eigenvalue weighted by atomic mass is 10.1. The van der Waals surface area contributed by atoms with Gasteiger partial charge in [-0.05, 0) is 122 Å². The number of carbonyl (C=O) groups excluding carboxylic acids is 2. The van der Waals surface area contributed by atoms with Crippen LogP contribution >= 0.6 is 7.82 Å². The van der Waals surface area contributed by atoms with E-state index in [1.807, 2.05) is 21.1 Å². The zero-order chi connectivity index (χ0) is 51.3. The Morgan fingerprint density at radius 2 is 0.771 bits per heavy atom. The molecular formula is C60H94NO8P. The second kappa shape index (κ2) is 49.6. The van der Waals surface area contributed by atoms with Crippen LogP contribution in [0, 0.1) is 0 Å². The first-order valence-electron chi connectivity index (χ1n) is 26.2. The molecule has 0 spiro atoms. The summed E-state index contributed by atoms with van der Waals surface area (Å²) in [6.45, 7) is 3.87. The monoisotopic (exact) mass is 988 g/mol. The largest absolute Gasteiger partial charge is 0.756 e. The summed E-state index contributed by atoms with van der Waals surface area (Å²) in [5.74, 6) is -0.942. The molecule has 0 amide bonds. The smallest absolute Gasteiger partial charge is 0.306 e. The molecular weight excluding hydrogens is 894 g/mol. The van der Waals surface area contributed by atoms with Gasteiger partial charge in [0.1, 0.15) is 19.8 Å². The fourth-order valence-electron chi connectivity index (χ4n) is 6.05. The maximum atomic E-state index is 12.8. The second-order valence-electron chi connectivity index (χ2n) is 17.8. The topological polar surface area (TPSA) is 111 Å². The van der Waals surface area contributed by atoms with E-state index in [9.17, 15) is 19.0 Å². The van der Waals surface area contributed by atoms with Crippen LogP contribution in [0.5, 0.6) is 0 Å². The minimum atomic E-state index is -4.67. The molecule has 10 heteroatoms. The standard InChI is InChI=1S/C60H94NO8P/c1-6-8-10-12-14-16-18-20-22-24-26-28-29-30-31-33-35-37-39-41-43-45-47-49-51-53-60(63)69-58(57-68-70(64,65)67-55-54-61(3,4)5)56-66-59(62)52-50-48-46-44-42-40-38-36-34-32-27-25-23-21-19-17-15-13-11-9-7-2/h8-11,14-17,20-23,26-28,30-32,35-38,41-44,58H,6-7,12-13,18-19,24-25,29,33-34,39-40,45-57H2,1-5H3/b10-8-,11-9-,16-14-,17-15-,22-20-,23-21-,28-26-,31-30-,32-27-,37-35-,38-36-,43-41-,44-42-. The van der Waals surface area contributed by atoms with Crippen molar-refractivity contribution in [2.24, 2.45) is 0 Å². The third kappa shape index (κ3) is 53.0. The SMILES string of the molecule is CC/C=C\C/C=C\C/C=C\C/C=C\C/C=C\C/C=C\C/C=C\CCCCCC(=O)OC(COC(=O)CCCC/C=C\C/C=C\C/C=C\C/C=C\C/C=C\C/C=C\CC)COP(=O)([O-])OCC[N+](C)(C)C. The maximum absolute atomic E-state index is 12.8. The summed E-state index contributed by atoms with van der Waals surface area (Å²) in [6, 6.07) is 0. The number of carbonyl (C=O) groups is 2. The first-order chi connectivity index (χ1) is 34.0. The highest BCUT2D eigenvalue weighted by Gasteiger charge is 2.21. The molecule has 0 aliphatic carbocycles. The number of unbranched alkanes of at least 4 members (excludes halogenated alkanes) is 5. The number of quaternary nitrogens is 1. The number of likely N-dealkylation sites (N-methyl/N-ethyl adjacent to an activating group) is 1. The number of esters is 2. The van der Waals surface area contributed by atoms with Crippen molar-refractivity contribution in [3.8, 4) is 0 Å². The normalized spacial score (nSPS) is 14.7. The summed E-state index contributed by atoms with van der Waals surface area (Å²) < 4.78 is 34.0. The Kier molecular flexibility index (Phi) is 46.5. The molecule has 0 bridgehead atoms. The fourth-order valence-corrected chi connectivity index (χ4v) is 6.78. The second-order valence-corrected chi connectivity index (χ2v) is 19.2. The molecule has 0 rings (SSSR count). The van der Waals surface area contributed by atoms with E-state index in [4.69, 9.17) is 18.5 Å². The molecule has 0 N–H and O–H groups in total. The number of ether oxygens (including phenoxy) is 2. The predicted molar refractivity (Wildman–Crippen MR) is 295 cm³/mol. The Bertz CT molecular complexity index is 1730. The molecule has 0 saturated carbocycles. The third-order valence-electron chi connectivity index (χ3n) is 10.0. The van der Waals surface area contributed by atoms with Gasteiger partial charge in [-0.15, -0.1) is 0 Å². The maximum Gasteiger partial charge on any atom is 0.306 e. The van der Waals surface area contributed by atoms with Crippen LogP contribution in [-0.2, 0) is 32.7 Å². The van der Waals surface area contributed by atoms with Crippen LogP contribution in [0.1, 0.15) is 155 Å². The molecule has 9 nitrogen and oxygen atoms in total. The Morgan fingerprint density at radius 1 is 0.443 bits per heavy atom. The van der Waals surface area contributed by atoms with Gasteiger partial charge >= 0.3 is 11.9 Å². The highest BCUT2D eigenvalue weighted by Crippen LogP contribution is 2.38. The molecule has 70 heavy (non-hydrogen) atoms. The molecule has 0 aliphatic heterocycles. The molecule has 0 aromatic heterocycles. The molecule has 2 atom stereocenters. The van der Waals surface area contributed by atoms with Crippen LogP contribution in [0.25, 0.3) is 0 Å². The van der Waals surface area contributed by atoms with Crippen molar-refractivity contribution in [3.05, 3.63) is 158 Å². The summed E-state index contributed by atoms with van der Waals surface area (Å²) in [5.41, 5.74) is 0. The van der Waals surface area contributed by atoms with E-state index in [-0.39, 0.29) is 26.1 Å². The Hall–Kier alpha value is -4.37. The van der Waals surface area contributed by atoms with Crippen molar-refractivity contribution in [2.45, 2.75) is 161 Å². The molecule has 0 aromatic rings.